The molecular formula is C10H12O2. The number of rotatable bonds is 0. The number of hydrogen-bond donors (Lipinski definition) is 2. The lowest BCUT2D eigenvalue weighted by atomic mass is 10.0. The lowest BCUT2D eigenvalue weighted by Gasteiger charge is -2.11. The molecule has 0 spiro atoms. The first kappa shape index (κ1) is 7.77. The minimum absolute atomic E-state index is 0.0520. The first-order chi connectivity index (χ1) is 5.72. The van der Waals surface area contributed by atoms with Gasteiger partial charge >= 0.3 is 0 Å². The molecule has 0 aromatic heterocycles. The van der Waals surface area contributed by atoms with E-state index in [1.54, 1.807) is 0 Å². The molecule has 0 aliphatic heterocycles. The van der Waals surface area contributed by atoms with Crippen molar-refractivity contribution in [1.29, 1.82) is 0 Å². The molecule has 1 aliphatic carbocycles. The fourth-order valence-corrected chi connectivity index (χ4v) is 1.84. The van der Waals surface area contributed by atoms with Crippen molar-refractivity contribution in [3.63, 3.8) is 0 Å². The van der Waals surface area contributed by atoms with Crippen LogP contribution >= 0.6 is 0 Å². The molecule has 1 aliphatic rings. The van der Waals surface area contributed by atoms with E-state index < -0.39 is 12.2 Å². The number of hydrogen-bond acceptors (Lipinski definition) is 2. The van der Waals surface area contributed by atoms with E-state index in [0.29, 0.717) is 0 Å². The Labute approximate surface area is 71.5 Å². The average molecular weight is 164 g/mol. The Bertz CT molecular complexity index is 267. The maximum atomic E-state index is 9.57. The molecule has 0 amide bonds. The van der Waals surface area contributed by atoms with E-state index in [1.165, 1.54) is 0 Å². The Balaban J connectivity index is 2.52. The maximum Gasteiger partial charge on any atom is 0.106 e. The first-order valence-electron chi connectivity index (χ1n) is 4.17. The van der Waals surface area contributed by atoms with Gasteiger partial charge in [0.25, 0.3) is 0 Å². The topological polar surface area (TPSA) is 40.5 Å². The fourth-order valence-electron chi connectivity index (χ4n) is 1.84. The lowest BCUT2D eigenvalue weighted by Crippen LogP contribution is -2.15. The summed E-state index contributed by atoms with van der Waals surface area (Å²) in [6.45, 7) is 1.93. The van der Waals surface area contributed by atoms with Gasteiger partial charge < -0.3 is 10.2 Å². The molecule has 0 fully saturated rings. The van der Waals surface area contributed by atoms with Crippen LogP contribution in [0.4, 0.5) is 0 Å². The predicted molar refractivity (Wildman–Crippen MR) is 45.8 cm³/mol. The van der Waals surface area contributed by atoms with Gasteiger partial charge in [-0.05, 0) is 11.1 Å². The monoisotopic (exact) mass is 164 g/mol. The zero-order valence-corrected chi connectivity index (χ0v) is 6.94. The van der Waals surface area contributed by atoms with Crippen LogP contribution < -0.4 is 0 Å². The second-order valence-electron chi connectivity index (χ2n) is 3.35. The molecule has 1 aromatic rings. The van der Waals surface area contributed by atoms with Crippen LogP contribution in [0.3, 0.4) is 0 Å². The summed E-state index contributed by atoms with van der Waals surface area (Å²) in [5.74, 6) is 0.0520. The van der Waals surface area contributed by atoms with Crippen molar-refractivity contribution in [2.45, 2.75) is 25.0 Å². The molecule has 64 valence electrons. The fraction of sp³-hybridized carbons (Fsp3) is 0.400. The summed E-state index contributed by atoms with van der Waals surface area (Å²) in [5, 5.41) is 19.1. The number of benzene rings is 1. The predicted octanol–water partition coefficient (Wildman–Crippen LogP) is 1.20. The Morgan fingerprint density at radius 1 is 1.08 bits per heavy atom. The van der Waals surface area contributed by atoms with Crippen LogP contribution in [0.1, 0.15) is 30.1 Å². The highest BCUT2D eigenvalue weighted by molar-refractivity contribution is 5.38. The van der Waals surface area contributed by atoms with Crippen LogP contribution in [-0.2, 0) is 0 Å². The van der Waals surface area contributed by atoms with Crippen LogP contribution in [-0.4, -0.2) is 16.3 Å². The van der Waals surface area contributed by atoms with E-state index in [-0.39, 0.29) is 5.92 Å². The number of aliphatic hydroxyl groups excluding tert-OH is 2. The molecule has 0 radical (unpaired) electrons. The lowest BCUT2D eigenvalue weighted by molar-refractivity contribution is 0.0202. The molecule has 1 aromatic carbocycles. The standard InChI is InChI=1S/C10H12O2/c1-6-7-4-2-3-5-8(7)10(12)9(6)11/h2-6,9-12H,1H3. The van der Waals surface area contributed by atoms with Crippen LogP contribution in [0.25, 0.3) is 0 Å². The quantitative estimate of drug-likeness (QED) is 0.604. The highest BCUT2D eigenvalue weighted by Gasteiger charge is 2.35. The SMILES string of the molecule is CC1c2ccccc2C(O)C1O. The van der Waals surface area contributed by atoms with Crippen molar-refractivity contribution in [2.24, 2.45) is 0 Å². The summed E-state index contributed by atoms with van der Waals surface area (Å²) in [6.07, 6.45) is -1.33. The zero-order chi connectivity index (χ0) is 8.72. The van der Waals surface area contributed by atoms with Gasteiger partial charge in [-0.3, -0.25) is 0 Å². The third kappa shape index (κ3) is 0.886. The van der Waals surface area contributed by atoms with Crippen molar-refractivity contribution in [3.8, 4) is 0 Å². The molecule has 12 heavy (non-hydrogen) atoms. The van der Waals surface area contributed by atoms with Gasteiger partial charge in [-0.25, -0.2) is 0 Å². The largest absolute Gasteiger partial charge is 0.389 e. The molecule has 0 bridgehead atoms. The molecule has 2 N–H and O–H groups in total. The summed E-state index contributed by atoms with van der Waals surface area (Å²) < 4.78 is 0. The highest BCUT2D eigenvalue weighted by Crippen LogP contribution is 2.39. The van der Waals surface area contributed by atoms with E-state index in [4.69, 9.17) is 0 Å². The van der Waals surface area contributed by atoms with Crippen LogP contribution in [0, 0.1) is 0 Å². The van der Waals surface area contributed by atoms with Crippen molar-refractivity contribution in [2.75, 3.05) is 0 Å². The van der Waals surface area contributed by atoms with Gasteiger partial charge in [-0.2, -0.15) is 0 Å². The molecule has 0 saturated heterocycles. The van der Waals surface area contributed by atoms with Crippen LogP contribution in [0.2, 0.25) is 0 Å². The first-order valence-corrected chi connectivity index (χ1v) is 4.17. The van der Waals surface area contributed by atoms with E-state index in [9.17, 15) is 10.2 Å². The zero-order valence-electron chi connectivity index (χ0n) is 6.94. The molecule has 0 saturated carbocycles. The van der Waals surface area contributed by atoms with E-state index in [1.807, 2.05) is 31.2 Å². The molecular weight excluding hydrogens is 152 g/mol. The normalized spacial score (nSPS) is 33.4. The minimum atomic E-state index is -0.698. The second-order valence-corrected chi connectivity index (χ2v) is 3.35. The molecule has 2 rings (SSSR count). The minimum Gasteiger partial charge on any atom is -0.389 e. The van der Waals surface area contributed by atoms with Crippen LogP contribution in [0.15, 0.2) is 24.3 Å². The second kappa shape index (κ2) is 2.57. The van der Waals surface area contributed by atoms with Gasteiger partial charge in [-0.15, -0.1) is 0 Å². The number of fused-ring (bicyclic) bond motifs is 1. The van der Waals surface area contributed by atoms with Crippen molar-refractivity contribution < 1.29 is 10.2 Å². The van der Waals surface area contributed by atoms with Gasteiger partial charge in [0.05, 0.1) is 6.10 Å². The highest BCUT2D eigenvalue weighted by atomic mass is 16.3. The van der Waals surface area contributed by atoms with Gasteiger partial charge in [0.1, 0.15) is 6.10 Å². The third-order valence-corrected chi connectivity index (χ3v) is 2.64. The Morgan fingerprint density at radius 3 is 2.25 bits per heavy atom. The van der Waals surface area contributed by atoms with Crippen molar-refractivity contribution in [1.82, 2.24) is 0 Å². The van der Waals surface area contributed by atoms with Gasteiger partial charge in [0.2, 0.25) is 0 Å². The third-order valence-electron chi connectivity index (χ3n) is 2.64. The van der Waals surface area contributed by atoms with Gasteiger partial charge in [0.15, 0.2) is 0 Å². The van der Waals surface area contributed by atoms with Crippen molar-refractivity contribution in [3.05, 3.63) is 35.4 Å². The molecule has 3 atom stereocenters. The summed E-state index contributed by atoms with van der Waals surface area (Å²) in [4.78, 5) is 0. The summed E-state index contributed by atoms with van der Waals surface area (Å²) in [5.41, 5.74) is 1.94. The van der Waals surface area contributed by atoms with E-state index >= 15 is 0 Å². The molecule has 0 heterocycles. The Morgan fingerprint density at radius 2 is 1.67 bits per heavy atom. The summed E-state index contributed by atoms with van der Waals surface area (Å²) >= 11 is 0. The summed E-state index contributed by atoms with van der Waals surface area (Å²) in [7, 11) is 0. The van der Waals surface area contributed by atoms with E-state index in [0.717, 1.165) is 11.1 Å². The molecule has 3 unspecified atom stereocenters. The molecule has 2 nitrogen and oxygen atoms in total. The molecule has 2 heteroatoms. The van der Waals surface area contributed by atoms with Gasteiger partial charge in [0, 0.05) is 5.92 Å². The van der Waals surface area contributed by atoms with Crippen LogP contribution in [0.5, 0.6) is 0 Å². The summed E-state index contributed by atoms with van der Waals surface area (Å²) in [6, 6.07) is 7.64. The number of aliphatic hydroxyl groups is 2. The van der Waals surface area contributed by atoms with E-state index in [2.05, 4.69) is 0 Å². The van der Waals surface area contributed by atoms with Crippen molar-refractivity contribution >= 4 is 0 Å². The smallest absolute Gasteiger partial charge is 0.106 e. The maximum absolute atomic E-state index is 9.57. The van der Waals surface area contributed by atoms with Gasteiger partial charge in [-0.1, -0.05) is 31.2 Å². The Hall–Kier alpha value is -0.860. The average Bonchev–Trinajstić information content (AvgIpc) is 2.33. The Kier molecular flexibility index (Phi) is 1.67.